The molecular weight excluding hydrogens is 382 g/mol. The molecule has 0 spiro atoms. The monoisotopic (exact) mass is 403 g/mol. The molecule has 1 unspecified atom stereocenters. The molecule has 1 amide bonds. The minimum Gasteiger partial charge on any atom is -0.341 e. The Bertz CT molecular complexity index is 1000. The van der Waals surface area contributed by atoms with Crippen LogP contribution in [0.25, 0.3) is 0 Å². The summed E-state index contributed by atoms with van der Waals surface area (Å²) < 4.78 is 0. The van der Waals surface area contributed by atoms with Crippen molar-refractivity contribution in [2.75, 3.05) is 11.9 Å². The third kappa shape index (κ3) is 4.33. The third-order valence-corrected chi connectivity index (χ3v) is 5.19. The fraction of sp³-hybridized carbons (Fsp3) is 0.167. The van der Waals surface area contributed by atoms with Crippen molar-refractivity contribution in [3.05, 3.63) is 101 Å². The average Bonchev–Trinajstić information content (AvgIpc) is 3.06. The molecule has 0 saturated heterocycles. The molecule has 4 rings (SSSR count). The number of guanidine groups is 1. The summed E-state index contributed by atoms with van der Waals surface area (Å²) in [7, 11) is 1.97. The molecule has 0 aliphatic carbocycles. The molecule has 29 heavy (non-hydrogen) atoms. The first kappa shape index (κ1) is 19.2. The summed E-state index contributed by atoms with van der Waals surface area (Å²) in [6.07, 6.45) is 0.576. The molecule has 0 bridgehead atoms. The molecule has 1 heterocycles. The van der Waals surface area contributed by atoms with Crippen molar-refractivity contribution in [3.8, 4) is 0 Å². The molecule has 0 fully saturated rings. The zero-order valence-electron chi connectivity index (χ0n) is 16.2. The van der Waals surface area contributed by atoms with Crippen molar-refractivity contribution in [2.45, 2.75) is 19.0 Å². The second-order valence-electron chi connectivity index (χ2n) is 7.13. The number of hydrogen-bond donors (Lipinski definition) is 0. The van der Waals surface area contributed by atoms with E-state index in [0.29, 0.717) is 23.9 Å². The Kier molecular flexibility index (Phi) is 5.63. The van der Waals surface area contributed by atoms with Gasteiger partial charge in [-0.2, -0.15) is 0 Å². The van der Waals surface area contributed by atoms with Gasteiger partial charge in [-0.3, -0.25) is 4.79 Å². The highest BCUT2D eigenvalue weighted by molar-refractivity contribution is 6.30. The van der Waals surface area contributed by atoms with E-state index in [1.54, 1.807) is 17.0 Å². The van der Waals surface area contributed by atoms with Gasteiger partial charge in [-0.05, 0) is 35.4 Å². The van der Waals surface area contributed by atoms with Crippen LogP contribution >= 0.6 is 11.6 Å². The van der Waals surface area contributed by atoms with Crippen LogP contribution in [0.5, 0.6) is 0 Å². The molecule has 3 aromatic carbocycles. The van der Waals surface area contributed by atoms with E-state index in [1.807, 2.05) is 72.6 Å². The number of anilines is 1. The van der Waals surface area contributed by atoms with Crippen LogP contribution in [0, 0.1) is 0 Å². The highest BCUT2D eigenvalue weighted by Crippen LogP contribution is 2.26. The van der Waals surface area contributed by atoms with Gasteiger partial charge in [-0.15, -0.1) is 0 Å². The Hall–Kier alpha value is -3.11. The molecule has 0 aromatic heterocycles. The van der Waals surface area contributed by atoms with E-state index in [2.05, 4.69) is 12.1 Å². The molecule has 4 nitrogen and oxygen atoms in total. The van der Waals surface area contributed by atoms with Gasteiger partial charge in [-0.1, -0.05) is 72.3 Å². The van der Waals surface area contributed by atoms with E-state index < -0.39 is 6.04 Å². The van der Waals surface area contributed by atoms with E-state index >= 15 is 0 Å². The van der Waals surface area contributed by atoms with E-state index in [4.69, 9.17) is 16.6 Å². The van der Waals surface area contributed by atoms with Gasteiger partial charge in [-0.25, -0.2) is 9.89 Å². The lowest BCUT2D eigenvalue weighted by atomic mass is 10.1. The predicted octanol–water partition coefficient (Wildman–Crippen LogP) is 4.79. The minimum absolute atomic E-state index is 0.0221. The third-order valence-electron chi connectivity index (χ3n) is 4.94. The second kappa shape index (κ2) is 8.50. The SMILES string of the molecule is CN(Cc1ccccc1)C1=NC(Cc2ccccc2)C(=O)N1c1ccc(Cl)cc1. The topological polar surface area (TPSA) is 35.9 Å². The first-order valence-corrected chi connectivity index (χ1v) is 9.96. The largest absolute Gasteiger partial charge is 0.341 e. The Labute approximate surface area is 176 Å². The summed E-state index contributed by atoms with van der Waals surface area (Å²) >= 11 is 6.05. The minimum atomic E-state index is -0.443. The number of halogens is 1. The molecule has 1 aliphatic heterocycles. The van der Waals surface area contributed by atoms with Crippen LogP contribution in [0.3, 0.4) is 0 Å². The molecular formula is C24H22ClN3O. The van der Waals surface area contributed by atoms with Crippen LogP contribution in [0.1, 0.15) is 11.1 Å². The Morgan fingerprint density at radius 2 is 1.48 bits per heavy atom. The van der Waals surface area contributed by atoms with Crippen LogP contribution in [-0.2, 0) is 17.8 Å². The van der Waals surface area contributed by atoms with Crippen molar-refractivity contribution in [1.29, 1.82) is 0 Å². The first-order valence-electron chi connectivity index (χ1n) is 9.58. The summed E-state index contributed by atoms with van der Waals surface area (Å²) in [5.41, 5.74) is 3.03. The van der Waals surface area contributed by atoms with E-state index in [9.17, 15) is 4.79 Å². The highest BCUT2D eigenvalue weighted by atomic mass is 35.5. The van der Waals surface area contributed by atoms with Crippen molar-refractivity contribution < 1.29 is 4.79 Å². The normalized spacial score (nSPS) is 16.1. The molecule has 0 radical (unpaired) electrons. The van der Waals surface area contributed by atoms with E-state index in [1.165, 1.54) is 0 Å². The van der Waals surface area contributed by atoms with E-state index in [0.717, 1.165) is 16.8 Å². The zero-order chi connectivity index (χ0) is 20.2. The number of nitrogens with zero attached hydrogens (tertiary/aromatic N) is 3. The van der Waals surface area contributed by atoms with Crippen LogP contribution < -0.4 is 4.90 Å². The zero-order valence-corrected chi connectivity index (χ0v) is 17.0. The van der Waals surface area contributed by atoms with Gasteiger partial charge in [0.15, 0.2) is 0 Å². The maximum atomic E-state index is 13.3. The summed E-state index contributed by atoms with van der Waals surface area (Å²) in [5.74, 6) is 0.633. The fourth-order valence-corrected chi connectivity index (χ4v) is 3.63. The van der Waals surface area contributed by atoms with Crippen molar-refractivity contribution in [3.63, 3.8) is 0 Å². The van der Waals surface area contributed by atoms with Gasteiger partial charge in [0.1, 0.15) is 6.04 Å². The molecule has 0 N–H and O–H groups in total. The Morgan fingerprint density at radius 3 is 2.10 bits per heavy atom. The standard InChI is InChI=1S/C24H22ClN3O/c1-27(17-19-10-6-3-7-11-19)24-26-22(16-18-8-4-2-5-9-18)23(29)28(24)21-14-12-20(25)13-15-21/h2-15,22H,16-17H2,1H3. The van der Waals surface area contributed by atoms with Crippen LogP contribution in [0.2, 0.25) is 5.02 Å². The van der Waals surface area contributed by atoms with Gasteiger partial charge in [0.05, 0.1) is 5.69 Å². The van der Waals surface area contributed by atoms with Gasteiger partial charge in [0.25, 0.3) is 5.91 Å². The van der Waals surface area contributed by atoms with Crippen molar-refractivity contribution in [1.82, 2.24) is 4.90 Å². The summed E-state index contributed by atoms with van der Waals surface area (Å²) in [6, 6.07) is 27.0. The van der Waals surface area contributed by atoms with Gasteiger partial charge in [0.2, 0.25) is 5.96 Å². The fourth-order valence-electron chi connectivity index (χ4n) is 3.50. The molecule has 5 heteroatoms. The van der Waals surface area contributed by atoms with Crippen molar-refractivity contribution in [2.24, 2.45) is 4.99 Å². The van der Waals surface area contributed by atoms with Crippen molar-refractivity contribution >= 4 is 29.2 Å². The number of carbonyl (C=O) groups excluding carboxylic acids is 1. The first-order chi connectivity index (χ1) is 14.1. The number of hydrogen-bond acceptors (Lipinski definition) is 3. The molecule has 146 valence electrons. The van der Waals surface area contributed by atoms with Crippen LogP contribution in [0.15, 0.2) is 89.9 Å². The maximum absolute atomic E-state index is 13.3. The summed E-state index contributed by atoms with van der Waals surface area (Å²) in [6.45, 7) is 0.662. The average molecular weight is 404 g/mol. The quantitative estimate of drug-likeness (QED) is 0.614. The number of amides is 1. The Morgan fingerprint density at radius 1 is 0.897 bits per heavy atom. The lowest BCUT2D eigenvalue weighted by Crippen LogP contribution is -2.43. The van der Waals surface area contributed by atoms with Gasteiger partial charge in [0, 0.05) is 25.0 Å². The number of rotatable bonds is 5. The predicted molar refractivity (Wildman–Crippen MR) is 118 cm³/mol. The molecule has 0 saturated carbocycles. The number of benzene rings is 3. The lowest BCUT2D eigenvalue weighted by Gasteiger charge is -2.26. The Balaban J connectivity index is 1.65. The number of carbonyl (C=O) groups is 1. The lowest BCUT2D eigenvalue weighted by molar-refractivity contribution is -0.118. The van der Waals surface area contributed by atoms with Gasteiger partial charge < -0.3 is 4.90 Å². The van der Waals surface area contributed by atoms with E-state index in [-0.39, 0.29) is 5.91 Å². The summed E-state index contributed by atoms with van der Waals surface area (Å²) in [5, 5.41) is 0.636. The number of aliphatic imine (C=N–C) groups is 1. The highest BCUT2D eigenvalue weighted by Gasteiger charge is 2.37. The summed E-state index contributed by atoms with van der Waals surface area (Å²) in [4.78, 5) is 21.9. The second-order valence-corrected chi connectivity index (χ2v) is 7.56. The van der Waals surface area contributed by atoms with Gasteiger partial charge >= 0.3 is 0 Å². The molecule has 1 atom stereocenters. The van der Waals surface area contributed by atoms with Crippen LogP contribution in [-0.4, -0.2) is 29.9 Å². The van der Waals surface area contributed by atoms with Crippen LogP contribution in [0.4, 0.5) is 5.69 Å². The molecule has 3 aromatic rings. The maximum Gasteiger partial charge on any atom is 0.259 e. The molecule has 1 aliphatic rings. The smallest absolute Gasteiger partial charge is 0.259 e.